The van der Waals surface area contributed by atoms with Crippen LogP contribution < -0.4 is 10.6 Å². The molecule has 4 heteroatoms. The van der Waals surface area contributed by atoms with Gasteiger partial charge >= 0.3 is 6.03 Å². The predicted molar refractivity (Wildman–Crippen MR) is 90.2 cm³/mol. The molecule has 0 saturated heterocycles. The van der Waals surface area contributed by atoms with Gasteiger partial charge in [0.2, 0.25) is 0 Å². The third-order valence-corrected chi connectivity index (χ3v) is 4.68. The number of urea groups is 1. The molecule has 21 heavy (non-hydrogen) atoms. The van der Waals surface area contributed by atoms with E-state index in [1.54, 1.807) is 0 Å². The lowest BCUT2D eigenvalue weighted by atomic mass is 9.85. The molecular weight excluding hydrogens is 328 g/mol. The zero-order valence-corrected chi connectivity index (χ0v) is 14.3. The molecule has 1 aromatic carbocycles. The summed E-state index contributed by atoms with van der Waals surface area (Å²) in [5.41, 5.74) is 1.10. The first kappa shape index (κ1) is 16.3. The summed E-state index contributed by atoms with van der Waals surface area (Å²) in [7, 11) is 0. The fourth-order valence-electron chi connectivity index (χ4n) is 3.04. The third-order valence-electron chi connectivity index (χ3n) is 4.16. The summed E-state index contributed by atoms with van der Waals surface area (Å²) in [5, 5.41) is 5.97. The summed E-state index contributed by atoms with van der Waals surface area (Å²) in [6.45, 7) is 2.67. The van der Waals surface area contributed by atoms with Crippen molar-refractivity contribution in [3.8, 4) is 0 Å². The minimum absolute atomic E-state index is 0.0683. The van der Waals surface area contributed by atoms with Crippen LogP contribution in [0.15, 0.2) is 28.7 Å². The van der Waals surface area contributed by atoms with Gasteiger partial charge in [0.15, 0.2) is 0 Å². The normalized spacial score (nSPS) is 17.2. The Morgan fingerprint density at radius 2 is 1.90 bits per heavy atom. The maximum absolute atomic E-state index is 11.9. The van der Waals surface area contributed by atoms with Gasteiger partial charge in [-0.25, -0.2) is 4.79 Å². The second kappa shape index (κ2) is 8.42. The Morgan fingerprint density at radius 1 is 1.24 bits per heavy atom. The summed E-state index contributed by atoms with van der Waals surface area (Å²) < 4.78 is 1.05. The van der Waals surface area contributed by atoms with Gasteiger partial charge in [0.1, 0.15) is 0 Å². The van der Waals surface area contributed by atoms with Crippen molar-refractivity contribution in [2.24, 2.45) is 5.92 Å². The van der Waals surface area contributed by atoms with Crippen LogP contribution >= 0.6 is 15.9 Å². The highest BCUT2D eigenvalue weighted by Gasteiger charge is 2.17. The van der Waals surface area contributed by atoms with Gasteiger partial charge in [0, 0.05) is 17.1 Å². The molecule has 1 aromatic rings. The van der Waals surface area contributed by atoms with Crippen LogP contribution in [0.1, 0.15) is 51.0 Å². The number of hydrogen-bond donors (Lipinski definition) is 2. The summed E-state index contributed by atoms with van der Waals surface area (Å²) >= 11 is 3.41. The number of halogens is 1. The third kappa shape index (κ3) is 6.08. The Hall–Kier alpha value is -1.03. The quantitative estimate of drug-likeness (QED) is 0.798. The maximum atomic E-state index is 11.9. The molecule has 2 amide bonds. The molecule has 0 radical (unpaired) electrons. The van der Waals surface area contributed by atoms with Crippen LogP contribution in [-0.4, -0.2) is 12.1 Å². The number of nitrogens with one attached hydrogen (secondary N) is 2. The number of rotatable bonds is 5. The largest absolute Gasteiger partial charge is 0.336 e. The first-order chi connectivity index (χ1) is 10.1. The summed E-state index contributed by atoms with van der Waals surface area (Å²) in [5.74, 6) is 0.792. The van der Waals surface area contributed by atoms with Gasteiger partial charge in [-0.05, 0) is 37.0 Å². The van der Waals surface area contributed by atoms with Gasteiger partial charge in [-0.2, -0.15) is 0 Å². The van der Waals surface area contributed by atoms with E-state index >= 15 is 0 Å². The maximum Gasteiger partial charge on any atom is 0.315 e. The van der Waals surface area contributed by atoms with Crippen molar-refractivity contribution < 1.29 is 4.79 Å². The molecular formula is C17H25BrN2O. The molecule has 1 atom stereocenters. The SMILES string of the molecule is CC(CC1CCCCC1)NC(=O)NCc1ccc(Br)cc1. The highest BCUT2D eigenvalue weighted by molar-refractivity contribution is 9.10. The summed E-state index contributed by atoms with van der Waals surface area (Å²) in [6, 6.07) is 8.17. The number of benzene rings is 1. The summed E-state index contributed by atoms with van der Waals surface area (Å²) in [4.78, 5) is 11.9. The van der Waals surface area contributed by atoms with Crippen LogP contribution in [0.25, 0.3) is 0 Å². The van der Waals surface area contributed by atoms with Crippen molar-refractivity contribution in [3.05, 3.63) is 34.3 Å². The predicted octanol–water partition coefficient (Wildman–Crippen LogP) is 4.61. The smallest absolute Gasteiger partial charge is 0.315 e. The second-order valence-corrected chi connectivity index (χ2v) is 7.01. The molecule has 1 saturated carbocycles. The lowest BCUT2D eigenvalue weighted by Crippen LogP contribution is -2.41. The zero-order valence-electron chi connectivity index (χ0n) is 12.7. The van der Waals surface area contributed by atoms with Crippen molar-refractivity contribution in [1.82, 2.24) is 10.6 Å². The first-order valence-corrected chi connectivity index (χ1v) is 8.71. The fourth-order valence-corrected chi connectivity index (χ4v) is 3.31. The number of carbonyl (C=O) groups excluding carboxylic acids is 1. The van der Waals surface area contributed by atoms with E-state index in [1.807, 2.05) is 24.3 Å². The molecule has 2 N–H and O–H groups in total. The minimum Gasteiger partial charge on any atom is -0.336 e. The van der Waals surface area contributed by atoms with Crippen molar-refractivity contribution >= 4 is 22.0 Å². The number of amides is 2. The Labute approximate surface area is 136 Å². The Kier molecular flexibility index (Phi) is 6.55. The molecule has 1 aliphatic carbocycles. The van der Waals surface area contributed by atoms with E-state index in [0.717, 1.165) is 22.4 Å². The lowest BCUT2D eigenvalue weighted by molar-refractivity contribution is 0.232. The monoisotopic (exact) mass is 352 g/mol. The molecule has 116 valence electrons. The van der Waals surface area contributed by atoms with Gasteiger partial charge in [-0.15, -0.1) is 0 Å². The van der Waals surface area contributed by atoms with Crippen LogP contribution in [0, 0.1) is 5.92 Å². The Bertz CT molecular complexity index is 441. The molecule has 3 nitrogen and oxygen atoms in total. The van der Waals surface area contributed by atoms with Crippen LogP contribution in [-0.2, 0) is 6.54 Å². The van der Waals surface area contributed by atoms with Gasteiger partial charge in [-0.3, -0.25) is 0 Å². The topological polar surface area (TPSA) is 41.1 Å². The van der Waals surface area contributed by atoms with Crippen LogP contribution in [0.5, 0.6) is 0 Å². The van der Waals surface area contributed by atoms with E-state index < -0.39 is 0 Å². The Balaban J connectivity index is 1.67. The molecule has 2 rings (SSSR count). The first-order valence-electron chi connectivity index (χ1n) is 7.92. The van der Waals surface area contributed by atoms with E-state index in [4.69, 9.17) is 0 Å². The van der Waals surface area contributed by atoms with Gasteiger partial charge in [0.25, 0.3) is 0 Å². The van der Waals surface area contributed by atoms with Gasteiger partial charge < -0.3 is 10.6 Å². The standard InChI is InChI=1S/C17H25BrN2O/c1-13(11-14-5-3-2-4-6-14)20-17(21)19-12-15-7-9-16(18)10-8-15/h7-10,13-14H,2-6,11-12H2,1H3,(H2,19,20,21). The van der Waals surface area contributed by atoms with E-state index in [0.29, 0.717) is 6.54 Å². The molecule has 1 aliphatic rings. The van der Waals surface area contributed by atoms with Crippen LogP contribution in [0.3, 0.4) is 0 Å². The second-order valence-electron chi connectivity index (χ2n) is 6.09. The van der Waals surface area contributed by atoms with E-state index in [-0.39, 0.29) is 12.1 Å². The average Bonchev–Trinajstić information content (AvgIpc) is 2.47. The molecule has 1 fully saturated rings. The van der Waals surface area contributed by atoms with Crippen molar-refractivity contribution in [2.75, 3.05) is 0 Å². The van der Waals surface area contributed by atoms with E-state index in [9.17, 15) is 4.79 Å². The molecule has 0 bridgehead atoms. The minimum atomic E-state index is -0.0683. The molecule has 0 heterocycles. The number of carbonyl (C=O) groups is 1. The van der Waals surface area contributed by atoms with Gasteiger partial charge in [0.05, 0.1) is 0 Å². The van der Waals surface area contributed by atoms with E-state index in [1.165, 1.54) is 32.1 Å². The Morgan fingerprint density at radius 3 is 2.57 bits per heavy atom. The highest BCUT2D eigenvalue weighted by Crippen LogP contribution is 2.27. The molecule has 1 unspecified atom stereocenters. The lowest BCUT2D eigenvalue weighted by Gasteiger charge is -2.25. The summed E-state index contributed by atoms with van der Waals surface area (Å²) in [6.07, 6.45) is 7.84. The van der Waals surface area contributed by atoms with Crippen molar-refractivity contribution in [1.29, 1.82) is 0 Å². The average molecular weight is 353 g/mol. The molecule has 0 aliphatic heterocycles. The van der Waals surface area contributed by atoms with Crippen molar-refractivity contribution in [2.45, 2.75) is 58.0 Å². The van der Waals surface area contributed by atoms with Gasteiger partial charge in [-0.1, -0.05) is 60.2 Å². The van der Waals surface area contributed by atoms with Crippen LogP contribution in [0.2, 0.25) is 0 Å². The van der Waals surface area contributed by atoms with Crippen LogP contribution in [0.4, 0.5) is 4.79 Å². The van der Waals surface area contributed by atoms with Crippen molar-refractivity contribution in [3.63, 3.8) is 0 Å². The van der Waals surface area contributed by atoms with E-state index in [2.05, 4.69) is 33.5 Å². The molecule has 0 aromatic heterocycles. The number of hydrogen-bond acceptors (Lipinski definition) is 1. The fraction of sp³-hybridized carbons (Fsp3) is 0.588. The highest BCUT2D eigenvalue weighted by atomic mass is 79.9. The zero-order chi connectivity index (χ0) is 15.1. The molecule has 0 spiro atoms.